The maximum atomic E-state index is 9.45. The van der Waals surface area contributed by atoms with Crippen LogP contribution in [-0.2, 0) is 5.41 Å². The Balaban J connectivity index is 1.13. The van der Waals surface area contributed by atoms with E-state index in [2.05, 4.69) is 60.9 Å². The second-order valence-electron chi connectivity index (χ2n) is 16.9. The van der Waals surface area contributed by atoms with E-state index < -0.39 is 85.4 Å². The van der Waals surface area contributed by atoms with Crippen molar-refractivity contribution in [3.05, 3.63) is 211 Å². The van der Waals surface area contributed by atoms with Gasteiger partial charge in [0.15, 0.2) is 0 Å². The SMILES string of the molecule is [2H]c1c([2H])c([2H])c(-c2cnc(-n3c4ccccc4c4c(-n5c6c([2H])c([2H])c([2H])c([2H])c6c6c([2H])c([2H])c([2H])c([2H])c65)cc(Oc5cccc(N6CN(c7cccc(C(C)(C)C)c7)c7ccccc76)c5)cc43)cc2C([2H])([2H])[2H])c([2H])c1[2H]. The molecule has 1 aliphatic heterocycles. The van der Waals surface area contributed by atoms with Crippen molar-refractivity contribution in [1.29, 1.82) is 0 Å². The van der Waals surface area contributed by atoms with Crippen molar-refractivity contribution >= 4 is 66.4 Å². The summed E-state index contributed by atoms with van der Waals surface area (Å²) in [6.07, 6.45) is 1.16. The summed E-state index contributed by atoms with van der Waals surface area (Å²) in [7, 11) is 0. The fraction of sp³-hybridized carbons (Fsp3) is 0.102. The first-order valence-corrected chi connectivity index (χ1v) is 21.1. The van der Waals surface area contributed by atoms with Crippen molar-refractivity contribution in [2.75, 3.05) is 16.5 Å². The van der Waals surface area contributed by atoms with Crippen LogP contribution in [0, 0.1) is 6.85 Å². The molecule has 12 rings (SSSR count). The van der Waals surface area contributed by atoms with E-state index in [1.807, 2.05) is 36.4 Å². The number of rotatable bonds is 7. The van der Waals surface area contributed by atoms with Crippen molar-refractivity contribution < 1.29 is 26.7 Å². The molecule has 1 aliphatic rings. The molecule has 0 radical (unpaired) electrons. The Morgan fingerprint density at radius 2 is 1.22 bits per heavy atom. The van der Waals surface area contributed by atoms with E-state index in [-0.39, 0.29) is 61.2 Å². The van der Waals surface area contributed by atoms with Crippen molar-refractivity contribution in [2.45, 2.75) is 33.0 Å². The molecule has 11 aromatic rings. The van der Waals surface area contributed by atoms with E-state index >= 15 is 0 Å². The van der Waals surface area contributed by atoms with Crippen LogP contribution in [0.25, 0.3) is 66.2 Å². The largest absolute Gasteiger partial charge is 0.457 e. The third kappa shape index (κ3) is 6.43. The summed E-state index contributed by atoms with van der Waals surface area (Å²) < 4.78 is 152. The van der Waals surface area contributed by atoms with Gasteiger partial charge in [-0.2, -0.15) is 0 Å². The van der Waals surface area contributed by atoms with Gasteiger partial charge in [0, 0.05) is 67.0 Å². The van der Waals surface area contributed by atoms with Gasteiger partial charge in [-0.25, -0.2) is 4.98 Å². The van der Waals surface area contributed by atoms with Gasteiger partial charge in [-0.3, -0.25) is 4.57 Å². The van der Waals surface area contributed by atoms with E-state index in [1.54, 1.807) is 47.0 Å². The van der Waals surface area contributed by atoms with Crippen LogP contribution < -0.4 is 14.5 Å². The monoisotopic (exact) mass is 857 g/mol. The van der Waals surface area contributed by atoms with E-state index in [4.69, 9.17) is 26.2 Å². The summed E-state index contributed by atoms with van der Waals surface area (Å²) in [5, 5.41) is 0.596. The summed E-state index contributed by atoms with van der Waals surface area (Å²) in [5.41, 5.74) is 4.53. The van der Waals surface area contributed by atoms with Gasteiger partial charge in [-0.15, -0.1) is 0 Å². The normalized spacial score (nSPS) is 16.5. The third-order valence-electron chi connectivity index (χ3n) is 12.0. The Kier molecular flexibility index (Phi) is 5.84. The van der Waals surface area contributed by atoms with Crippen LogP contribution in [0.3, 0.4) is 0 Å². The number of hydrogen-bond donors (Lipinski definition) is 0. The molecule has 0 N–H and O–H groups in total. The minimum absolute atomic E-state index is 0.0184. The fourth-order valence-corrected chi connectivity index (χ4v) is 8.99. The molecule has 0 saturated heterocycles. The zero-order valence-electron chi connectivity index (χ0n) is 51.4. The smallest absolute Gasteiger partial charge is 0.137 e. The number of ether oxygens (including phenoxy) is 1. The molecule has 4 heterocycles. The number of anilines is 4. The molecule has 6 nitrogen and oxygen atoms in total. The lowest BCUT2D eigenvalue weighted by molar-refractivity contribution is 0.483. The molecule has 0 unspecified atom stereocenters. The molecule has 0 atom stereocenters. The molecule has 3 aromatic heterocycles. The second kappa shape index (κ2) is 15.0. The van der Waals surface area contributed by atoms with Gasteiger partial charge in [-0.05, 0) is 89.6 Å². The molecule has 0 spiro atoms. The summed E-state index contributed by atoms with van der Waals surface area (Å²) in [6, 6.07) is 27.9. The summed E-state index contributed by atoms with van der Waals surface area (Å²) in [5.74, 6) is 0.525. The van der Waals surface area contributed by atoms with Crippen LogP contribution in [0.15, 0.2) is 200 Å². The summed E-state index contributed by atoms with van der Waals surface area (Å²) in [4.78, 5) is 9.18. The molecule has 65 heavy (non-hydrogen) atoms. The molecule has 0 amide bonds. The van der Waals surface area contributed by atoms with Gasteiger partial charge in [0.25, 0.3) is 0 Å². The van der Waals surface area contributed by atoms with E-state index in [0.717, 1.165) is 28.9 Å². The standard InChI is InChI=1S/C59H47N5O/c1-39-32-57(60-37-49(39)40-18-6-5-7-19-40)64-52-29-13-10-26-48(52)58-55(63-50-27-11-8-24-46(50)47-25-9-12-28-51(47)63)35-45(36-56(58)64)65-44-23-17-22-43(34-44)62-38-61(53-30-14-15-31-54(53)62)42-21-16-20-41(33-42)59(2,3)4/h5-37H,38H2,1-4H3/i1D3,5D,6D,7D,8D,9D,11D,12D,18D,19D,24D,25D,27D,28D. The Labute approximate surface area is 401 Å². The van der Waals surface area contributed by atoms with Crippen molar-refractivity contribution in [3.8, 4) is 34.1 Å². The van der Waals surface area contributed by atoms with Crippen LogP contribution in [-0.4, -0.2) is 20.8 Å². The lowest BCUT2D eigenvalue weighted by atomic mass is 9.87. The molecule has 0 bridgehead atoms. The number of para-hydroxylation sites is 5. The molecular weight excluding hydrogens is 795 g/mol. The lowest BCUT2D eigenvalue weighted by Gasteiger charge is -2.25. The highest BCUT2D eigenvalue weighted by Gasteiger charge is 2.29. The summed E-state index contributed by atoms with van der Waals surface area (Å²) >= 11 is 0. The highest BCUT2D eigenvalue weighted by molar-refractivity contribution is 6.16. The molecule has 8 aromatic carbocycles. The van der Waals surface area contributed by atoms with Gasteiger partial charge >= 0.3 is 0 Å². The van der Waals surface area contributed by atoms with Gasteiger partial charge in [0.05, 0.1) is 56.9 Å². The van der Waals surface area contributed by atoms with E-state index in [9.17, 15) is 5.48 Å². The molecule has 6 heteroatoms. The predicted molar refractivity (Wildman–Crippen MR) is 270 cm³/mol. The molecule has 0 saturated carbocycles. The zero-order valence-corrected chi connectivity index (χ0v) is 35.4. The number of pyridine rings is 1. The van der Waals surface area contributed by atoms with Crippen LogP contribution in [0.4, 0.5) is 22.7 Å². The lowest BCUT2D eigenvalue weighted by Crippen LogP contribution is -2.24. The number of hydrogen-bond acceptors (Lipinski definition) is 4. The Morgan fingerprint density at radius 3 is 1.94 bits per heavy atom. The first-order valence-electron chi connectivity index (χ1n) is 29.1. The van der Waals surface area contributed by atoms with Crippen molar-refractivity contribution in [2.24, 2.45) is 0 Å². The number of nitrogens with zero attached hydrogens (tertiary/aromatic N) is 5. The van der Waals surface area contributed by atoms with Crippen LogP contribution in [0.2, 0.25) is 0 Å². The highest BCUT2D eigenvalue weighted by Crippen LogP contribution is 2.47. The fourth-order valence-electron chi connectivity index (χ4n) is 8.99. The Hall–Kier alpha value is -8.09. The van der Waals surface area contributed by atoms with E-state index in [0.29, 0.717) is 34.2 Å². The first-order chi connectivity index (χ1) is 38.4. The quantitative estimate of drug-likeness (QED) is 0.160. The predicted octanol–water partition coefficient (Wildman–Crippen LogP) is 15.6. The average Bonchev–Trinajstić information content (AvgIpc) is 2.18. The van der Waals surface area contributed by atoms with Crippen LogP contribution in [0.1, 0.15) is 53.8 Å². The molecule has 0 aliphatic carbocycles. The number of aryl methyl sites for hydroxylation is 1. The minimum atomic E-state index is -2.93. The van der Waals surface area contributed by atoms with Gasteiger partial charge < -0.3 is 19.1 Å². The van der Waals surface area contributed by atoms with Gasteiger partial charge in [-0.1, -0.05) is 136 Å². The van der Waals surface area contributed by atoms with E-state index in [1.165, 1.54) is 16.2 Å². The maximum Gasteiger partial charge on any atom is 0.137 e. The minimum Gasteiger partial charge on any atom is -0.457 e. The molecule has 314 valence electrons. The first kappa shape index (κ1) is 25.3. The van der Waals surface area contributed by atoms with Gasteiger partial charge in [0.1, 0.15) is 24.0 Å². The second-order valence-corrected chi connectivity index (χ2v) is 16.9. The van der Waals surface area contributed by atoms with Crippen molar-refractivity contribution in [1.82, 2.24) is 14.1 Å². The number of fused-ring (bicyclic) bond motifs is 7. The average molecular weight is 858 g/mol. The highest BCUT2D eigenvalue weighted by atomic mass is 16.5. The number of aromatic nitrogens is 3. The third-order valence-corrected chi connectivity index (χ3v) is 12.0. The van der Waals surface area contributed by atoms with Crippen LogP contribution >= 0.6 is 0 Å². The van der Waals surface area contributed by atoms with Crippen LogP contribution in [0.5, 0.6) is 11.5 Å². The van der Waals surface area contributed by atoms with Gasteiger partial charge in [0.2, 0.25) is 0 Å². The Bertz CT molecular complexity index is 4420. The molecule has 0 fully saturated rings. The molecular formula is C59H47N5O. The number of benzene rings is 8. The topological polar surface area (TPSA) is 38.5 Å². The maximum absolute atomic E-state index is 9.45. The summed E-state index contributed by atoms with van der Waals surface area (Å²) in [6.45, 7) is 4.05. The zero-order chi connectivity index (χ0) is 57.6. The Morgan fingerprint density at radius 1 is 0.554 bits per heavy atom. The van der Waals surface area contributed by atoms with Crippen molar-refractivity contribution in [3.63, 3.8) is 0 Å².